The van der Waals surface area contributed by atoms with Gasteiger partial charge in [-0.2, -0.15) is 0 Å². The van der Waals surface area contributed by atoms with E-state index in [0.29, 0.717) is 6.54 Å². The number of hydrogen-bond donors (Lipinski definition) is 2. The van der Waals surface area contributed by atoms with Gasteiger partial charge < -0.3 is 15.1 Å². The number of aromatic nitrogens is 1. The molecule has 2 aliphatic heterocycles. The van der Waals surface area contributed by atoms with Crippen molar-refractivity contribution in [2.24, 2.45) is 0 Å². The fourth-order valence-corrected chi connectivity index (χ4v) is 3.59. The van der Waals surface area contributed by atoms with Crippen LogP contribution in [0.25, 0.3) is 0 Å². The molecule has 4 amide bonds. The number of hydrogen-bond acceptors (Lipinski definition) is 5. The first-order valence-electron chi connectivity index (χ1n) is 9.43. The molecule has 0 spiro atoms. The number of nitrogens with zero attached hydrogens (tertiary/aromatic N) is 3. The van der Waals surface area contributed by atoms with Crippen molar-refractivity contribution in [1.29, 1.82) is 0 Å². The van der Waals surface area contributed by atoms with E-state index in [1.165, 1.54) is 4.90 Å². The number of rotatable bonds is 5. The van der Waals surface area contributed by atoms with Gasteiger partial charge in [0, 0.05) is 12.2 Å². The first-order chi connectivity index (χ1) is 12.9. The fraction of sp³-hybridized carbons (Fsp3) is 0.579. The molecule has 1 aromatic heterocycles. The molecule has 1 aromatic rings. The van der Waals surface area contributed by atoms with Gasteiger partial charge in [0.2, 0.25) is 5.91 Å². The maximum Gasteiger partial charge on any atom is 0.325 e. The second-order valence-electron chi connectivity index (χ2n) is 7.58. The smallest absolute Gasteiger partial charge is 0.325 e. The predicted octanol–water partition coefficient (Wildman–Crippen LogP) is 1.30. The summed E-state index contributed by atoms with van der Waals surface area (Å²) < 4.78 is 0. The van der Waals surface area contributed by atoms with Gasteiger partial charge in [-0.25, -0.2) is 4.79 Å². The number of halogens is 1. The van der Waals surface area contributed by atoms with Crippen LogP contribution in [0.3, 0.4) is 0 Å². The Morgan fingerprint density at radius 1 is 1.29 bits per heavy atom. The number of urea groups is 1. The molecule has 2 saturated heterocycles. The fourth-order valence-electron chi connectivity index (χ4n) is 3.59. The highest BCUT2D eigenvalue weighted by atomic mass is 35.5. The van der Waals surface area contributed by atoms with Crippen molar-refractivity contribution in [2.45, 2.75) is 51.2 Å². The van der Waals surface area contributed by atoms with Crippen LogP contribution in [0.4, 0.5) is 4.79 Å². The Morgan fingerprint density at radius 3 is 2.71 bits per heavy atom. The molecule has 2 fully saturated rings. The van der Waals surface area contributed by atoms with E-state index in [2.05, 4.69) is 15.6 Å². The molecule has 3 heterocycles. The van der Waals surface area contributed by atoms with Crippen LogP contribution in [0.1, 0.15) is 38.8 Å². The van der Waals surface area contributed by atoms with E-state index in [-0.39, 0.29) is 36.8 Å². The third-order valence-electron chi connectivity index (χ3n) is 5.35. The molecule has 2 N–H and O–H groups in total. The minimum atomic E-state index is -1.03. The Bertz CT molecular complexity index is 705. The van der Waals surface area contributed by atoms with Crippen LogP contribution in [0, 0.1) is 0 Å². The Kier molecular flexibility index (Phi) is 7.37. The third-order valence-corrected chi connectivity index (χ3v) is 5.35. The van der Waals surface area contributed by atoms with Gasteiger partial charge in [-0.1, -0.05) is 6.07 Å². The van der Waals surface area contributed by atoms with Gasteiger partial charge in [0.15, 0.2) is 0 Å². The van der Waals surface area contributed by atoms with Crippen molar-refractivity contribution in [1.82, 2.24) is 25.4 Å². The number of pyridine rings is 1. The molecule has 154 valence electrons. The first-order valence-corrected chi connectivity index (χ1v) is 9.43. The van der Waals surface area contributed by atoms with Crippen molar-refractivity contribution in [3.63, 3.8) is 0 Å². The molecule has 1 unspecified atom stereocenters. The van der Waals surface area contributed by atoms with Crippen molar-refractivity contribution >= 4 is 30.3 Å². The number of carbonyl (C=O) groups excluding carboxylic acids is 3. The molecular formula is C19H28ClN5O3. The summed E-state index contributed by atoms with van der Waals surface area (Å²) >= 11 is 0. The van der Waals surface area contributed by atoms with Gasteiger partial charge in [0.25, 0.3) is 5.91 Å². The molecule has 0 aromatic carbocycles. The number of carbonyl (C=O) groups is 3. The third kappa shape index (κ3) is 4.80. The maximum atomic E-state index is 13.2. The average Bonchev–Trinajstić information content (AvgIpc) is 2.86. The molecule has 0 aliphatic carbocycles. The van der Waals surface area contributed by atoms with Crippen molar-refractivity contribution < 1.29 is 14.4 Å². The van der Waals surface area contributed by atoms with Gasteiger partial charge in [0.1, 0.15) is 12.1 Å². The SMILES string of the molecule is CC1(C)C(=O)NC(=O)N1CC(=O)N(Cc1ccccn1)C1CCCNCC1.Cl. The van der Waals surface area contributed by atoms with Crippen LogP contribution in [-0.4, -0.2) is 63.8 Å². The van der Waals surface area contributed by atoms with Gasteiger partial charge in [-0.3, -0.25) is 19.9 Å². The number of amides is 4. The summed E-state index contributed by atoms with van der Waals surface area (Å²) in [6.45, 7) is 5.37. The summed E-state index contributed by atoms with van der Waals surface area (Å²) in [6.07, 6.45) is 4.46. The molecule has 0 saturated carbocycles. The maximum absolute atomic E-state index is 13.2. The second kappa shape index (κ2) is 9.34. The largest absolute Gasteiger partial charge is 0.332 e. The molecule has 28 heavy (non-hydrogen) atoms. The Morgan fingerprint density at radius 2 is 2.07 bits per heavy atom. The normalized spacial score (nSPS) is 21.5. The standard InChI is InChI=1S/C19H27N5O3.ClH/c1-19(2)17(26)22-18(27)24(19)13-16(25)23(12-14-6-3-4-10-21-14)15-7-5-9-20-11-8-15;/h3-4,6,10,15,20H,5,7-9,11-13H2,1-2H3,(H,22,26,27);1H. The molecule has 0 radical (unpaired) electrons. The van der Waals surface area contributed by atoms with Crippen LogP contribution < -0.4 is 10.6 Å². The summed E-state index contributed by atoms with van der Waals surface area (Å²) in [7, 11) is 0. The minimum absolute atomic E-state index is 0. The highest BCUT2D eigenvalue weighted by molar-refractivity contribution is 6.07. The molecule has 1 atom stereocenters. The summed E-state index contributed by atoms with van der Waals surface area (Å²) in [6, 6.07) is 5.20. The summed E-state index contributed by atoms with van der Waals surface area (Å²) in [5, 5.41) is 5.66. The number of imide groups is 1. The zero-order valence-corrected chi connectivity index (χ0v) is 17.1. The lowest BCUT2D eigenvalue weighted by Gasteiger charge is -2.34. The Hall–Kier alpha value is -2.19. The van der Waals surface area contributed by atoms with Gasteiger partial charge in [-0.15, -0.1) is 12.4 Å². The molecular weight excluding hydrogens is 382 g/mol. The monoisotopic (exact) mass is 409 g/mol. The van der Waals surface area contributed by atoms with Crippen molar-refractivity contribution in [3.8, 4) is 0 Å². The van der Waals surface area contributed by atoms with Crippen LogP contribution in [-0.2, 0) is 16.1 Å². The average molecular weight is 410 g/mol. The molecule has 3 rings (SSSR count). The Labute approximate surface area is 171 Å². The first kappa shape index (κ1) is 22.1. The lowest BCUT2D eigenvalue weighted by atomic mass is 10.0. The summed E-state index contributed by atoms with van der Waals surface area (Å²) in [5.41, 5.74) is -0.224. The van der Waals surface area contributed by atoms with E-state index in [0.717, 1.165) is 38.0 Å². The van der Waals surface area contributed by atoms with Crippen LogP contribution in [0.15, 0.2) is 24.4 Å². The van der Waals surface area contributed by atoms with Crippen LogP contribution >= 0.6 is 12.4 Å². The topological polar surface area (TPSA) is 94.6 Å². The zero-order chi connectivity index (χ0) is 19.4. The van der Waals surface area contributed by atoms with E-state index in [4.69, 9.17) is 0 Å². The quantitative estimate of drug-likeness (QED) is 0.715. The lowest BCUT2D eigenvalue weighted by molar-refractivity contribution is -0.136. The van der Waals surface area contributed by atoms with Crippen molar-refractivity contribution in [2.75, 3.05) is 19.6 Å². The van der Waals surface area contributed by atoms with Gasteiger partial charge in [0.05, 0.1) is 12.2 Å². The Balaban J connectivity index is 0.00000280. The lowest BCUT2D eigenvalue weighted by Crippen LogP contribution is -2.51. The predicted molar refractivity (Wildman–Crippen MR) is 107 cm³/mol. The zero-order valence-electron chi connectivity index (χ0n) is 16.3. The van der Waals surface area contributed by atoms with Crippen LogP contribution in [0.2, 0.25) is 0 Å². The highest BCUT2D eigenvalue weighted by Crippen LogP contribution is 2.23. The van der Waals surface area contributed by atoms with E-state index in [9.17, 15) is 14.4 Å². The molecule has 8 nitrogen and oxygen atoms in total. The van der Waals surface area contributed by atoms with Crippen LogP contribution in [0.5, 0.6) is 0 Å². The van der Waals surface area contributed by atoms with Gasteiger partial charge >= 0.3 is 6.03 Å². The minimum Gasteiger partial charge on any atom is -0.332 e. The van der Waals surface area contributed by atoms with Gasteiger partial charge in [-0.05, 0) is 58.3 Å². The number of nitrogens with one attached hydrogen (secondary N) is 2. The summed E-state index contributed by atoms with van der Waals surface area (Å²) in [4.78, 5) is 44.8. The molecule has 9 heteroatoms. The summed E-state index contributed by atoms with van der Waals surface area (Å²) in [5.74, 6) is -0.541. The van der Waals surface area contributed by atoms with E-state index in [1.54, 1.807) is 20.0 Å². The van der Waals surface area contributed by atoms with E-state index >= 15 is 0 Å². The van der Waals surface area contributed by atoms with E-state index < -0.39 is 11.6 Å². The molecule has 2 aliphatic rings. The molecule has 0 bridgehead atoms. The van der Waals surface area contributed by atoms with Crippen molar-refractivity contribution in [3.05, 3.63) is 30.1 Å². The highest BCUT2D eigenvalue weighted by Gasteiger charge is 2.46. The second-order valence-corrected chi connectivity index (χ2v) is 7.58. The van der Waals surface area contributed by atoms with E-state index in [1.807, 2.05) is 23.1 Å².